The van der Waals surface area contributed by atoms with Gasteiger partial charge in [-0.2, -0.15) is 0 Å². The molecule has 3 rings (SSSR count). The minimum absolute atomic E-state index is 0.545. The van der Waals surface area contributed by atoms with Crippen LogP contribution in [0.1, 0.15) is 0 Å². The molecule has 3 aromatic rings. The number of benzene rings is 3. The van der Waals surface area contributed by atoms with Gasteiger partial charge in [0.25, 0.3) is 0 Å². The summed E-state index contributed by atoms with van der Waals surface area (Å²) in [5.41, 5.74) is 0. The van der Waals surface area contributed by atoms with Crippen molar-refractivity contribution in [1.29, 1.82) is 0 Å². The average Bonchev–Trinajstić information content (AvgIpc) is 2.31. The summed E-state index contributed by atoms with van der Waals surface area (Å²) in [6.45, 7) is 0. The van der Waals surface area contributed by atoms with Crippen LogP contribution in [0.2, 0.25) is 20.1 Å². The van der Waals surface area contributed by atoms with Crippen LogP contribution in [0.4, 0.5) is 0 Å². The first-order chi connectivity index (χ1) is 8.54. The summed E-state index contributed by atoms with van der Waals surface area (Å²) in [6, 6.07) is 11.4. The molecule has 0 aliphatic heterocycles. The van der Waals surface area contributed by atoms with E-state index < -0.39 is 0 Å². The highest BCUT2D eigenvalue weighted by atomic mass is 35.5. The first-order valence-corrected chi connectivity index (χ1v) is 6.73. The van der Waals surface area contributed by atoms with Crippen molar-refractivity contribution in [2.24, 2.45) is 0 Å². The van der Waals surface area contributed by atoms with Gasteiger partial charge >= 0.3 is 0 Å². The zero-order valence-electron chi connectivity index (χ0n) is 8.98. The third-order valence-corrected chi connectivity index (χ3v) is 4.32. The van der Waals surface area contributed by atoms with Crippen LogP contribution < -0.4 is 0 Å². The highest BCUT2D eigenvalue weighted by Gasteiger charge is 2.05. The maximum atomic E-state index is 6.02. The van der Waals surface area contributed by atoms with E-state index in [4.69, 9.17) is 46.4 Å². The Morgan fingerprint density at radius 2 is 0.611 bits per heavy atom. The van der Waals surface area contributed by atoms with Crippen molar-refractivity contribution in [2.45, 2.75) is 0 Å². The molecule has 0 radical (unpaired) electrons. The Kier molecular flexibility index (Phi) is 3.07. The van der Waals surface area contributed by atoms with Crippen LogP contribution in [0.3, 0.4) is 0 Å². The number of fused-ring (bicyclic) bond motifs is 2. The van der Waals surface area contributed by atoms with Crippen LogP contribution in [0.25, 0.3) is 21.5 Å². The van der Waals surface area contributed by atoms with Crippen molar-refractivity contribution < 1.29 is 0 Å². The fourth-order valence-corrected chi connectivity index (χ4v) is 2.68. The van der Waals surface area contributed by atoms with Gasteiger partial charge in [0.15, 0.2) is 0 Å². The van der Waals surface area contributed by atoms with Gasteiger partial charge in [0, 0.05) is 0 Å². The summed E-state index contributed by atoms with van der Waals surface area (Å²) in [5, 5.41) is 6.27. The molecule has 0 bridgehead atoms. The molecule has 0 heterocycles. The van der Waals surface area contributed by atoms with Crippen molar-refractivity contribution in [1.82, 2.24) is 0 Å². The second-order valence-corrected chi connectivity index (χ2v) is 5.71. The SMILES string of the molecule is Clc1cc2cc3cc(Cl)c(Cl)cc3cc2cc1Cl. The molecule has 0 spiro atoms. The number of hydrogen-bond donors (Lipinski definition) is 0. The average molecular weight is 316 g/mol. The van der Waals surface area contributed by atoms with Gasteiger partial charge in [-0.05, 0) is 57.9 Å². The molecule has 0 amide bonds. The number of hydrogen-bond acceptors (Lipinski definition) is 0. The highest BCUT2D eigenvalue weighted by molar-refractivity contribution is 6.43. The van der Waals surface area contributed by atoms with E-state index in [0.29, 0.717) is 20.1 Å². The molecule has 4 heteroatoms. The molecule has 0 unspecified atom stereocenters. The molecule has 0 nitrogen and oxygen atoms in total. The molecule has 0 N–H and O–H groups in total. The van der Waals surface area contributed by atoms with E-state index in [1.165, 1.54) is 0 Å². The molecule has 18 heavy (non-hydrogen) atoms. The Hall–Kier alpha value is -0.660. The second-order valence-electron chi connectivity index (χ2n) is 4.08. The van der Waals surface area contributed by atoms with E-state index in [1.807, 2.05) is 36.4 Å². The van der Waals surface area contributed by atoms with Gasteiger partial charge in [-0.3, -0.25) is 0 Å². The summed E-state index contributed by atoms with van der Waals surface area (Å²) in [4.78, 5) is 0. The molecule has 0 aromatic heterocycles. The maximum Gasteiger partial charge on any atom is 0.0598 e. The predicted molar refractivity (Wildman–Crippen MR) is 81.5 cm³/mol. The molecule has 0 aliphatic rings. The van der Waals surface area contributed by atoms with Gasteiger partial charge in [0.2, 0.25) is 0 Å². The largest absolute Gasteiger partial charge is 0.0827 e. The second kappa shape index (κ2) is 4.47. The Labute approximate surface area is 124 Å². The predicted octanol–water partition coefficient (Wildman–Crippen LogP) is 6.61. The van der Waals surface area contributed by atoms with Crippen LogP contribution >= 0.6 is 46.4 Å². The monoisotopic (exact) mass is 314 g/mol. The third kappa shape index (κ3) is 2.04. The van der Waals surface area contributed by atoms with Crippen molar-refractivity contribution in [3.8, 4) is 0 Å². The molecule has 0 saturated heterocycles. The van der Waals surface area contributed by atoms with E-state index in [2.05, 4.69) is 0 Å². The molecule has 90 valence electrons. The summed E-state index contributed by atoms with van der Waals surface area (Å²) < 4.78 is 0. The number of rotatable bonds is 0. The Balaban J connectivity index is 2.43. The minimum Gasteiger partial charge on any atom is -0.0827 e. The Morgan fingerprint density at radius 3 is 0.833 bits per heavy atom. The van der Waals surface area contributed by atoms with E-state index in [1.54, 1.807) is 0 Å². The van der Waals surface area contributed by atoms with Gasteiger partial charge in [-0.1, -0.05) is 46.4 Å². The van der Waals surface area contributed by atoms with Crippen LogP contribution in [-0.4, -0.2) is 0 Å². The van der Waals surface area contributed by atoms with E-state index in [9.17, 15) is 0 Å². The molecule has 3 aromatic carbocycles. The minimum atomic E-state index is 0.545. The van der Waals surface area contributed by atoms with Gasteiger partial charge in [0.1, 0.15) is 0 Å². The van der Waals surface area contributed by atoms with Gasteiger partial charge in [0.05, 0.1) is 20.1 Å². The van der Waals surface area contributed by atoms with Crippen LogP contribution in [0.5, 0.6) is 0 Å². The molecule has 0 atom stereocenters. The lowest BCUT2D eigenvalue weighted by atomic mass is 10.0. The van der Waals surface area contributed by atoms with Crippen LogP contribution in [-0.2, 0) is 0 Å². The van der Waals surface area contributed by atoms with Crippen molar-refractivity contribution in [3.63, 3.8) is 0 Å². The standard InChI is InChI=1S/C14H6Cl4/c15-11-3-7-1-8-4-12(16)14(18)6-10(8)2-9(7)5-13(11)17/h1-6H. The number of halogens is 4. The molecule has 0 saturated carbocycles. The lowest BCUT2D eigenvalue weighted by Crippen LogP contribution is -1.79. The maximum absolute atomic E-state index is 6.02. The molecular weight excluding hydrogens is 310 g/mol. The smallest absolute Gasteiger partial charge is 0.0598 e. The fraction of sp³-hybridized carbons (Fsp3) is 0. The normalized spacial score (nSPS) is 11.3. The molecular formula is C14H6Cl4. The van der Waals surface area contributed by atoms with E-state index in [0.717, 1.165) is 21.5 Å². The highest BCUT2D eigenvalue weighted by Crippen LogP contribution is 2.33. The lowest BCUT2D eigenvalue weighted by molar-refractivity contribution is 1.75. The summed E-state index contributed by atoms with van der Waals surface area (Å²) in [7, 11) is 0. The third-order valence-electron chi connectivity index (χ3n) is 2.87. The zero-order valence-corrected chi connectivity index (χ0v) is 12.0. The Bertz CT molecular complexity index is 649. The topological polar surface area (TPSA) is 0 Å². The van der Waals surface area contributed by atoms with Crippen molar-refractivity contribution in [2.75, 3.05) is 0 Å². The quantitative estimate of drug-likeness (QED) is 0.410. The summed E-state index contributed by atoms with van der Waals surface area (Å²) >= 11 is 24.1. The lowest BCUT2D eigenvalue weighted by Gasteiger charge is -2.06. The summed E-state index contributed by atoms with van der Waals surface area (Å²) in [6.07, 6.45) is 0. The summed E-state index contributed by atoms with van der Waals surface area (Å²) in [5.74, 6) is 0. The van der Waals surface area contributed by atoms with Crippen molar-refractivity contribution in [3.05, 3.63) is 56.5 Å². The van der Waals surface area contributed by atoms with Crippen LogP contribution in [0.15, 0.2) is 36.4 Å². The van der Waals surface area contributed by atoms with Gasteiger partial charge < -0.3 is 0 Å². The van der Waals surface area contributed by atoms with Gasteiger partial charge in [-0.15, -0.1) is 0 Å². The first kappa shape index (κ1) is 12.4. The molecule has 0 fully saturated rings. The fourth-order valence-electron chi connectivity index (χ4n) is 1.99. The van der Waals surface area contributed by atoms with Gasteiger partial charge in [-0.25, -0.2) is 0 Å². The zero-order chi connectivity index (χ0) is 12.9. The molecule has 0 aliphatic carbocycles. The van der Waals surface area contributed by atoms with Crippen LogP contribution in [0, 0.1) is 0 Å². The van der Waals surface area contributed by atoms with E-state index in [-0.39, 0.29) is 0 Å². The first-order valence-electron chi connectivity index (χ1n) is 5.22. The van der Waals surface area contributed by atoms with E-state index >= 15 is 0 Å². The van der Waals surface area contributed by atoms with Crippen molar-refractivity contribution >= 4 is 67.9 Å². The Morgan fingerprint density at radius 1 is 0.389 bits per heavy atom.